The fourth-order valence-corrected chi connectivity index (χ4v) is 2.29. The molecule has 84 valence electrons. The van der Waals surface area contributed by atoms with Crippen molar-refractivity contribution in [2.45, 2.75) is 12.5 Å². The third kappa shape index (κ3) is 4.24. The maximum absolute atomic E-state index is 10.2. The summed E-state index contributed by atoms with van der Waals surface area (Å²) < 4.78 is 4.96. The smallest absolute Gasteiger partial charge is 0.0958 e. The van der Waals surface area contributed by atoms with Crippen molar-refractivity contribution >= 4 is 11.8 Å². The Morgan fingerprint density at radius 2 is 2.00 bits per heavy atom. The Hall–Kier alpha value is -0.510. The molecule has 3 heteroatoms. The summed E-state index contributed by atoms with van der Waals surface area (Å²) in [6.07, 6.45) is 0. The Balaban J connectivity index is 2.45. The largest absolute Gasteiger partial charge is 0.385 e. The fraction of sp³-hybridized carbons (Fsp3) is 0.500. The fourth-order valence-electron chi connectivity index (χ4n) is 1.29. The molecule has 1 atom stereocenters. The first-order valence-corrected chi connectivity index (χ1v) is 6.17. The second-order valence-corrected chi connectivity index (χ2v) is 4.79. The highest BCUT2D eigenvalue weighted by molar-refractivity contribution is 7.99. The van der Waals surface area contributed by atoms with E-state index in [0.29, 0.717) is 5.75 Å². The molecule has 0 aromatic heterocycles. The Bertz CT molecular complexity index is 272. The van der Waals surface area contributed by atoms with Crippen molar-refractivity contribution in [1.82, 2.24) is 0 Å². The molecule has 0 aliphatic heterocycles. The number of hydrogen-bond acceptors (Lipinski definition) is 3. The summed E-state index contributed by atoms with van der Waals surface area (Å²) in [4.78, 5) is 0. The van der Waals surface area contributed by atoms with Crippen molar-refractivity contribution in [2.24, 2.45) is 0 Å². The lowest BCUT2D eigenvalue weighted by Crippen LogP contribution is -2.24. The molecular formula is C12H18O2S. The van der Waals surface area contributed by atoms with Gasteiger partial charge in [0.15, 0.2) is 0 Å². The van der Waals surface area contributed by atoms with E-state index in [2.05, 4.69) is 0 Å². The first-order valence-electron chi connectivity index (χ1n) is 5.01. The van der Waals surface area contributed by atoms with Gasteiger partial charge >= 0.3 is 0 Å². The van der Waals surface area contributed by atoms with E-state index in [0.717, 1.165) is 17.9 Å². The van der Waals surface area contributed by atoms with Crippen LogP contribution in [0, 0.1) is 0 Å². The van der Waals surface area contributed by atoms with Crippen molar-refractivity contribution in [2.75, 3.05) is 25.2 Å². The predicted molar refractivity (Wildman–Crippen MR) is 65.2 cm³/mol. The van der Waals surface area contributed by atoms with Crippen molar-refractivity contribution < 1.29 is 9.84 Å². The summed E-state index contributed by atoms with van der Waals surface area (Å²) in [5.41, 5.74) is 0.217. The molecule has 0 aliphatic carbocycles. The van der Waals surface area contributed by atoms with Gasteiger partial charge in [0.1, 0.15) is 0 Å². The van der Waals surface area contributed by atoms with Crippen LogP contribution in [0.4, 0.5) is 0 Å². The standard InChI is InChI=1S/C12H18O2S/c1-12(13,10-15-9-8-14-2)11-6-4-3-5-7-11/h3-7,13H,8-10H2,1-2H3. The molecule has 15 heavy (non-hydrogen) atoms. The van der Waals surface area contributed by atoms with Crippen LogP contribution in [0.15, 0.2) is 30.3 Å². The van der Waals surface area contributed by atoms with Gasteiger partial charge in [-0.3, -0.25) is 0 Å². The van der Waals surface area contributed by atoms with Crippen LogP contribution >= 0.6 is 11.8 Å². The summed E-state index contributed by atoms with van der Waals surface area (Å²) in [6, 6.07) is 9.76. The molecule has 0 aliphatic rings. The molecular weight excluding hydrogens is 208 g/mol. The number of ether oxygens (including phenoxy) is 1. The van der Waals surface area contributed by atoms with Gasteiger partial charge in [-0.2, -0.15) is 11.8 Å². The Morgan fingerprint density at radius 3 is 2.60 bits per heavy atom. The molecule has 0 amide bonds. The number of methoxy groups -OCH3 is 1. The average molecular weight is 226 g/mol. The van der Waals surface area contributed by atoms with Gasteiger partial charge < -0.3 is 9.84 Å². The molecule has 0 spiro atoms. The van der Waals surface area contributed by atoms with Crippen molar-refractivity contribution in [1.29, 1.82) is 0 Å². The zero-order valence-corrected chi connectivity index (χ0v) is 10.1. The summed E-state index contributed by atoms with van der Waals surface area (Å²) in [5.74, 6) is 1.61. The molecule has 0 bridgehead atoms. The van der Waals surface area contributed by atoms with E-state index in [9.17, 15) is 5.11 Å². The van der Waals surface area contributed by atoms with Gasteiger partial charge in [-0.15, -0.1) is 0 Å². The number of aliphatic hydroxyl groups is 1. The van der Waals surface area contributed by atoms with Crippen molar-refractivity contribution in [3.63, 3.8) is 0 Å². The topological polar surface area (TPSA) is 29.5 Å². The zero-order valence-electron chi connectivity index (χ0n) is 9.27. The van der Waals surface area contributed by atoms with Crippen LogP contribution in [0.25, 0.3) is 0 Å². The molecule has 1 N–H and O–H groups in total. The van der Waals surface area contributed by atoms with Gasteiger partial charge in [-0.05, 0) is 12.5 Å². The van der Waals surface area contributed by atoms with Crippen LogP contribution in [0.3, 0.4) is 0 Å². The number of rotatable bonds is 6. The molecule has 1 unspecified atom stereocenters. The summed E-state index contributed by atoms with van der Waals surface area (Å²) in [6.45, 7) is 2.58. The second kappa shape index (κ2) is 6.16. The van der Waals surface area contributed by atoms with Gasteiger partial charge in [0, 0.05) is 18.6 Å². The normalized spacial score (nSPS) is 14.9. The number of hydrogen-bond donors (Lipinski definition) is 1. The van der Waals surface area contributed by atoms with E-state index in [1.54, 1.807) is 18.9 Å². The lowest BCUT2D eigenvalue weighted by atomic mass is 9.99. The van der Waals surface area contributed by atoms with Crippen molar-refractivity contribution in [3.8, 4) is 0 Å². The van der Waals surface area contributed by atoms with Gasteiger partial charge in [0.2, 0.25) is 0 Å². The molecule has 1 rings (SSSR count). The number of benzene rings is 1. The van der Waals surface area contributed by atoms with Gasteiger partial charge in [0.05, 0.1) is 12.2 Å². The summed E-state index contributed by atoms with van der Waals surface area (Å²) in [7, 11) is 1.69. The molecule has 0 saturated carbocycles. The number of thioether (sulfide) groups is 1. The van der Waals surface area contributed by atoms with Crippen LogP contribution in [0.1, 0.15) is 12.5 Å². The second-order valence-electron chi connectivity index (χ2n) is 3.69. The molecule has 1 aromatic carbocycles. The Morgan fingerprint density at radius 1 is 1.33 bits per heavy atom. The van der Waals surface area contributed by atoms with Gasteiger partial charge in [-0.1, -0.05) is 30.3 Å². The maximum atomic E-state index is 10.2. The summed E-state index contributed by atoms with van der Waals surface area (Å²) in [5, 5.41) is 10.2. The van der Waals surface area contributed by atoms with E-state index in [4.69, 9.17) is 4.74 Å². The maximum Gasteiger partial charge on any atom is 0.0958 e. The highest BCUT2D eigenvalue weighted by atomic mass is 32.2. The van der Waals surface area contributed by atoms with E-state index in [1.807, 2.05) is 37.3 Å². The van der Waals surface area contributed by atoms with Gasteiger partial charge in [-0.25, -0.2) is 0 Å². The van der Waals surface area contributed by atoms with Crippen LogP contribution in [-0.2, 0) is 10.3 Å². The monoisotopic (exact) mass is 226 g/mol. The third-order valence-corrected chi connectivity index (χ3v) is 3.43. The minimum absolute atomic E-state index is 0.695. The predicted octanol–water partition coefficient (Wildman–Crippen LogP) is 2.27. The highest BCUT2D eigenvalue weighted by Crippen LogP contribution is 2.24. The zero-order chi connectivity index (χ0) is 11.1. The van der Waals surface area contributed by atoms with Crippen LogP contribution in [0.5, 0.6) is 0 Å². The van der Waals surface area contributed by atoms with Gasteiger partial charge in [0.25, 0.3) is 0 Å². The van der Waals surface area contributed by atoms with E-state index >= 15 is 0 Å². The minimum atomic E-state index is -0.750. The molecule has 0 radical (unpaired) electrons. The molecule has 0 fully saturated rings. The van der Waals surface area contributed by atoms with Crippen LogP contribution < -0.4 is 0 Å². The SMILES string of the molecule is COCCSCC(C)(O)c1ccccc1. The highest BCUT2D eigenvalue weighted by Gasteiger charge is 2.22. The average Bonchev–Trinajstić information content (AvgIpc) is 2.26. The van der Waals surface area contributed by atoms with Crippen LogP contribution in [0.2, 0.25) is 0 Å². The molecule has 0 heterocycles. The Labute approximate surface area is 95.7 Å². The van der Waals surface area contributed by atoms with Crippen molar-refractivity contribution in [3.05, 3.63) is 35.9 Å². The summed E-state index contributed by atoms with van der Waals surface area (Å²) >= 11 is 1.70. The van der Waals surface area contributed by atoms with Crippen LogP contribution in [-0.4, -0.2) is 30.3 Å². The minimum Gasteiger partial charge on any atom is -0.385 e. The lowest BCUT2D eigenvalue weighted by Gasteiger charge is -2.23. The first kappa shape index (κ1) is 12.6. The molecule has 0 saturated heterocycles. The van der Waals surface area contributed by atoms with E-state index in [-0.39, 0.29) is 0 Å². The van der Waals surface area contributed by atoms with E-state index < -0.39 is 5.60 Å². The van der Waals surface area contributed by atoms with E-state index in [1.165, 1.54) is 0 Å². The molecule has 2 nitrogen and oxygen atoms in total. The quantitative estimate of drug-likeness (QED) is 0.755. The lowest BCUT2D eigenvalue weighted by molar-refractivity contribution is 0.0838. The first-order chi connectivity index (χ1) is 7.17. The Kier molecular flexibility index (Phi) is 5.15. The third-order valence-electron chi connectivity index (χ3n) is 2.21. The molecule has 1 aromatic rings.